The Kier molecular flexibility index (Phi) is 4.86. The van der Waals surface area contributed by atoms with Gasteiger partial charge in [-0.3, -0.25) is 4.72 Å². The Labute approximate surface area is 151 Å². The van der Waals surface area contributed by atoms with Gasteiger partial charge in [0.05, 0.1) is 12.0 Å². The molecule has 0 atom stereocenters. The predicted molar refractivity (Wildman–Crippen MR) is 94.9 cm³/mol. The van der Waals surface area contributed by atoms with Crippen LogP contribution in [-0.2, 0) is 27.7 Å². The van der Waals surface area contributed by atoms with Crippen LogP contribution in [0.3, 0.4) is 0 Å². The van der Waals surface area contributed by atoms with E-state index in [1.165, 1.54) is 19.2 Å². The van der Waals surface area contributed by atoms with Crippen LogP contribution in [0.4, 0.5) is 14.9 Å². The standard InChI is InChI=1S/C18H19FN2O4S/c1-12-9-15(19)4-6-17(12)26(23,24)20-16-5-3-13-7-8-21(18(22)25-2)11-14(13)10-16/h3-6,9-10,20H,7-8,11H2,1-2H3. The van der Waals surface area contributed by atoms with E-state index in [0.717, 1.165) is 17.2 Å². The molecule has 0 unspecified atom stereocenters. The van der Waals surface area contributed by atoms with Crippen molar-refractivity contribution in [1.29, 1.82) is 0 Å². The number of nitrogens with one attached hydrogen (secondary N) is 1. The summed E-state index contributed by atoms with van der Waals surface area (Å²) in [6.45, 7) is 2.45. The molecule has 2 aromatic carbocycles. The number of rotatable bonds is 3. The first kappa shape index (κ1) is 18.2. The molecule has 2 aromatic rings. The Balaban J connectivity index is 1.86. The molecule has 0 saturated carbocycles. The van der Waals surface area contributed by atoms with Gasteiger partial charge in [0, 0.05) is 18.8 Å². The highest BCUT2D eigenvalue weighted by Crippen LogP contribution is 2.25. The van der Waals surface area contributed by atoms with Gasteiger partial charge in [-0.05, 0) is 60.4 Å². The largest absolute Gasteiger partial charge is 0.453 e. The molecule has 0 fully saturated rings. The van der Waals surface area contributed by atoms with Gasteiger partial charge in [0.25, 0.3) is 10.0 Å². The minimum Gasteiger partial charge on any atom is -0.453 e. The Morgan fingerprint density at radius 2 is 1.96 bits per heavy atom. The van der Waals surface area contributed by atoms with E-state index in [1.807, 2.05) is 6.07 Å². The molecule has 8 heteroatoms. The number of carbonyl (C=O) groups is 1. The quantitative estimate of drug-likeness (QED) is 0.891. The molecule has 1 N–H and O–H groups in total. The third-order valence-corrected chi connectivity index (χ3v) is 5.87. The van der Waals surface area contributed by atoms with Crippen molar-refractivity contribution in [3.05, 3.63) is 58.9 Å². The van der Waals surface area contributed by atoms with Crippen LogP contribution in [0.25, 0.3) is 0 Å². The molecule has 0 radical (unpaired) electrons. The SMILES string of the molecule is COC(=O)N1CCc2ccc(NS(=O)(=O)c3ccc(F)cc3C)cc2C1. The fourth-order valence-corrected chi connectivity index (χ4v) is 4.31. The molecule has 3 rings (SSSR count). The minimum absolute atomic E-state index is 0.0211. The van der Waals surface area contributed by atoms with Crippen LogP contribution in [0.15, 0.2) is 41.3 Å². The Morgan fingerprint density at radius 3 is 2.65 bits per heavy atom. The van der Waals surface area contributed by atoms with E-state index in [9.17, 15) is 17.6 Å². The van der Waals surface area contributed by atoms with E-state index in [1.54, 1.807) is 24.0 Å². The van der Waals surface area contributed by atoms with Gasteiger partial charge in [-0.15, -0.1) is 0 Å². The zero-order chi connectivity index (χ0) is 18.9. The first-order valence-corrected chi connectivity index (χ1v) is 9.52. The molecule has 0 aliphatic carbocycles. The van der Waals surface area contributed by atoms with Gasteiger partial charge in [-0.25, -0.2) is 17.6 Å². The van der Waals surface area contributed by atoms with Crippen molar-refractivity contribution in [3.63, 3.8) is 0 Å². The van der Waals surface area contributed by atoms with Crippen LogP contribution >= 0.6 is 0 Å². The molecule has 1 heterocycles. The Hall–Kier alpha value is -2.61. The predicted octanol–water partition coefficient (Wildman–Crippen LogP) is 3.06. The van der Waals surface area contributed by atoms with Crippen LogP contribution < -0.4 is 4.72 Å². The number of nitrogens with zero attached hydrogens (tertiary/aromatic N) is 1. The highest BCUT2D eigenvalue weighted by molar-refractivity contribution is 7.92. The summed E-state index contributed by atoms with van der Waals surface area (Å²) >= 11 is 0. The van der Waals surface area contributed by atoms with Crippen molar-refractivity contribution in [1.82, 2.24) is 4.90 Å². The first-order valence-electron chi connectivity index (χ1n) is 8.04. The summed E-state index contributed by atoms with van der Waals surface area (Å²) in [7, 11) is -2.52. The van der Waals surface area contributed by atoms with Crippen LogP contribution in [0, 0.1) is 12.7 Å². The molecular formula is C18H19FN2O4S. The number of anilines is 1. The van der Waals surface area contributed by atoms with E-state index in [2.05, 4.69) is 4.72 Å². The number of halogens is 1. The van der Waals surface area contributed by atoms with E-state index in [4.69, 9.17) is 4.74 Å². The fraction of sp³-hybridized carbons (Fsp3) is 0.278. The number of aryl methyl sites for hydroxylation is 1. The van der Waals surface area contributed by atoms with Crippen molar-refractivity contribution in [3.8, 4) is 0 Å². The molecular weight excluding hydrogens is 359 g/mol. The summed E-state index contributed by atoms with van der Waals surface area (Å²) < 4.78 is 45.7. The van der Waals surface area contributed by atoms with Crippen molar-refractivity contribution in [2.75, 3.05) is 18.4 Å². The molecule has 6 nitrogen and oxygen atoms in total. The summed E-state index contributed by atoms with van der Waals surface area (Å²) in [6, 6.07) is 8.77. The lowest BCUT2D eigenvalue weighted by molar-refractivity contribution is 0.118. The van der Waals surface area contributed by atoms with E-state index in [0.29, 0.717) is 30.8 Å². The van der Waals surface area contributed by atoms with E-state index < -0.39 is 21.9 Å². The summed E-state index contributed by atoms with van der Waals surface area (Å²) in [5, 5.41) is 0. The number of ether oxygens (including phenoxy) is 1. The van der Waals surface area contributed by atoms with Gasteiger partial charge in [-0.2, -0.15) is 0 Å². The first-order chi connectivity index (χ1) is 12.3. The summed E-state index contributed by atoms with van der Waals surface area (Å²) in [6.07, 6.45) is 0.262. The van der Waals surface area contributed by atoms with Gasteiger partial charge in [0.1, 0.15) is 5.82 Å². The molecule has 1 amide bonds. The average molecular weight is 378 g/mol. The maximum Gasteiger partial charge on any atom is 0.409 e. The number of hydrogen-bond acceptors (Lipinski definition) is 4. The van der Waals surface area contributed by atoms with Crippen molar-refractivity contribution in [2.45, 2.75) is 24.8 Å². The smallest absolute Gasteiger partial charge is 0.409 e. The van der Waals surface area contributed by atoms with E-state index in [-0.39, 0.29) is 4.90 Å². The molecule has 0 bridgehead atoms. The lowest BCUT2D eigenvalue weighted by Gasteiger charge is -2.28. The second kappa shape index (κ2) is 6.95. The second-order valence-electron chi connectivity index (χ2n) is 6.14. The Morgan fingerprint density at radius 1 is 1.19 bits per heavy atom. The number of carbonyl (C=O) groups excluding carboxylic acids is 1. The lowest BCUT2D eigenvalue weighted by Crippen LogP contribution is -2.35. The van der Waals surface area contributed by atoms with Crippen LogP contribution in [0.5, 0.6) is 0 Å². The number of fused-ring (bicyclic) bond motifs is 1. The molecule has 0 spiro atoms. The Bertz CT molecular complexity index is 960. The van der Waals surface area contributed by atoms with Gasteiger partial charge in [0.15, 0.2) is 0 Å². The molecule has 0 aromatic heterocycles. The van der Waals surface area contributed by atoms with Gasteiger partial charge in [0.2, 0.25) is 0 Å². The minimum atomic E-state index is -3.84. The summed E-state index contributed by atoms with van der Waals surface area (Å²) in [4.78, 5) is 13.3. The highest BCUT2D eigenvalue weighted by Gasteiger charge is 2.23. The zero-order valence-corrected chi connectivity index (χ0v) is 15.3. The normalized spacial score (nSPS) is 13.9. The van der Waals surface area contributed by atoms with Crippen LogP contribution in [0.2, 0.25) is 0 Å². The van der Waals surface area contributed by atoms with Crippen molar-refractivity contribution >= 4 is 21.8 Å². The number of hydrogen-bond donors (Lipinski definition) is 1. The van der Waals surface area contributed by atoms with E-state index >= 15 is 0 Å². The van der Waals surface area contributed by atoms with Crippen molar-refractivity contribution in [2.24, 2.45) is 0 Å². The third-order valence-electron chi connectivity index (χ3n) is 4.33. The highest BCUT2D eigenvalue weighted by atomic mass is 32.2. The average Bonchev–Trinajstić information content (AvgIpc) is 2.59. The molecule has 1 aliphatic rings. The topological polar surface area (TPSA) is 75.7 Å². The van der Waals surface area contributed by atoms with Crippen molar-refractivity contribution < 1.29 is 22.3 Å². The lowest BCUT2D eigenvalue weighted by atomic mass is 9.99. The number of methoxy groups -OCH3 is 1. The maximum atomic E-state index is 13.2. The molecule has 1 aliphatic heterocycles. The zero-order valence-electron chi connectivity index (χ0n) is 14.5. The molecule has 26 heavy (non-hydrogen) atoms. The molecule has 138 valence electrons. The van der Waals surface area contributed by atoms with Gasteiger partial charge < -0.3 is 9.64 Å². The fourth-order valence-electron chi connectivity index (χ4n) is 3.03. The van der Waals surface area contributed by atoms with Gasteiger partial charge in [-0.1, -0.05) is 6.07 Å². The number of benzene rings is 2. The third kappa shape index (κ3) is 3.65. The second-order valence-corrected chi connectivity index (χ2v) is 7.79. The summed E-state index contributed by atoms with van der Waals surface area (Å²) in [5.41, 5.74) is 2.63. The summed E-state index contributed by atoms with van der Waals surface area (Å²) in [5.74, 6) is -0.488. The molecule has 0 saturated heterocycles. The van der Waals surface area contributed by atoms with Crippen LogP contribution in [0.1, 0.15) is 16.7 Å². The number of amides is 1. The monoisotopic (exact) mass is 378 g/mol. The maximum absolute atomic E-state index is 13.2. The van der Waals surface area contributed by atoms with Crippen LogP contribution in [-0.4, -0.2) is 33.1 Å². The number of sulfonamides is 1. The van der Waals surface area contributed by atoms with Gasteiger partial charge >= 0.3 is 6.09 Å².